The molecule has 0 amide bonds. The van der Waals surface area contributed by atoms with Gasteiger partial charge in [0.05, 0.1) is 6.61 Å². The van der Waals surface area contributed by atoms with Gasteiger partial charge in [0.2, 0.25) is 0 Å². The summed E-state index contributed by atoms with van der Waals surface area (Å²) in [5, 5.41) is 0. The SMILES string of the molecule is CC(N)C(OCC1CCCCC1)c1ccccc1F. The lowest BCUT2D eigenvalue weighted by molar-refractivity contribution is 0.00636. The van der Waals surface area contributed by atoms with Crippen LogP contribution in [0.2, 0.25) is 0 Å². The Balaban J connectivity index is 1.98. The highest BCUT2D eigenvalue weighted by Gasteiger charge is 2.22. The molecule has 0 radical (unpaired) electrons. The highest BCUT2D eigenvalue weighted by Crippen LogP contribution is 2.28. The molecule has 2 N–H and O–H groups in total. The van der Waals surface area contributed by atoms with Crippen molar-refractivity contribution in [3.8, 4) is 0 Å². The van der Waals surface area contributed by atoms with Crippen LogP contribution < -0.4 is 5.73 Å². The van der Waals surface area contributed by atoms with E-state index in [2.05, 4.69) is 0 Å². The average molecular weight is 265 g/mol. The van der Waals surface area contributed by atoms with Gasteiger partial charge in [-0.05, 0) is 31.7 Å². The molecule has 1 saturated carbocycles. The first-order chi connectivity index (χ1) is 9.18. The first kappa shape index (κ1) is 14.5. The molecule has 0 aromatic heterocycles. The third kappa shape index (κ3) is 4.02. The first-order valence-electron chi connectivity index (χ1n) is 7.30. The van der Waals surface area contributed by atoms with E-state index in [1.807, 2.05) is 13.0 Å². The zero-order valence-corrected chi connectivity index (χ0v) is 11.6. The van der Waals surface area contributed by atoms with Gasteiger partial charge in [0, 0.05) is 11.6 Å². The molecular formula is C16H24FNO. The summed E-state index contributed by atoms with van der Waals surface area (Å²) in [7, 11) is 0. The van der Waals surface area contributed by atoms with Crippen LogP contribution in [0.1, 0.15) is 50.7 Å². The van der Waals surface area contributed by atoms with Gasteiger partial charge in [-0.3, -0.25) is 0 Å². The van der Waals surface area contributed by atoms with Crippen molar-refractivity contribution in [1.82, 2.24) is 0 Å². The summed E-state index contributed by atoms with van der Waals surface area (Å²) < 4.78 is 19.8. The predicted octanol–water partition coefficient (Wildman–Crippen LogP) is 3.81. The van der Waals surface area contributed by atoms with E-state index in [0.717, 1.165) is 0 Å². The highest BCUT2D eigenvalue weighted by atomic mass is 19.1. The number of benzene rings is 1. The third-order valence-electron chi connectivity index (χ3n) is 3.93. The van der Waals surface area contributed by atoms with Crippen LogP contribution in [0.3, 0.4) is 0 Å². The van der Waals surface area contributed by atoms with E-state index in [9.17, 15) is 4.39 Å². The van der Waals surface area contributed by atoms with Crippen LogP contribution >= 0.6 is 0 Å². The molecule has 1 fully saturated rings. The van der Waals surface area contributed by atoms with Crippen LogP contribution in [0.4, 0.5) is 4.39 Å². The molecule has 2 unspecified atom stereocenters. The van der Waals surface area contributed by atoms with Gasteiger partial charge >= 0.3 is 0 Å². The Kier molecular flexibility index (Phi) is 5.34. The fourth-order valence-corrected chi connectivity index (χ4v) is 2.82. The van der Waals surface area contributed by atoms with E-state index in [4.69, 9.17) is 10.5 Å². The lowest BCUT2D eigenvalue weighted by Crippen LogP contribution is -2.29. The van der Waals surface area contributed by atoms with Crippen molar-refractivity contribution in [2.45, 2.75) is 51.2 Å². The minimum absolute atomic E-state index is 0.208. The number of rotatable bonds is 5. The van der Waals surface area contributed by atoms with E-state index < -0.39 is 0 Å². The smallest absolute Gasteiger partial charge is 0.129 e. The zero-order chi connectivity index (χ0) is 13.7. The maximum absolute atomic E-state index is 13.8. The summed E-state index contributed by atoms with van der Waals surface area (Å²) in [6.07, 6.45) is 6.02. The van der Waals surface area contributed by atoms with Gasteiger partial charge < -0.3 is 10.5 Å². The molecule has 0 bridgehead atoms. The van der Waals surface area contributed by atoms with Crippen LogP contribution in [-0.2, 0) is 4.74 Å². The van der Waals surface area contributed by atoms with Crippen molar-refractivity contribution in [2.24, 2.45) is 11.7 Å². The Hall–Kier alpha value is -0.930. The quantitative estimate of drug-likeness (QED) is 0.878. The average Bonchev–Trinajstić information content (AvgIpc) is 2.42. The first-order valence-corrected chi connectivity index (χ1v) is 7.30. The van der Waals surface area contributed by atoms with Crippen molar-refractivity contribution in [3.63, 3.8) is 0 Å². The molecule has 1 aromatic rings. The van der Waals surface area contributed by atoms with Crippen molar-refractivity contribution in [1.29, 1.82) is 0 Å². The van der Waals surface area contributed by atoms with Gasteiger partial charge in [-0.1, -0.05) is 37.5 Å². The summed E-state index contributed by atoms with van der Waals surface area (Å²) in [6, 6.07) is 6.55. The molecule has 2 nitrogen and oxygen atoms in total. The molecule has 3 heteroatoms. The van der Waals surface area contributed by atoms with Crippen LogP contribution in [0.5, 0.6) is 0 Å². The number of hydrogen-bond acceptors (Lipinski definition) is 2. The molecule has 1 aliphatic carbocycles. The van der Waals surface area contributed by atoms with Crippen LogP contribution in [0, 0.1) is 11.7 Å². The summed E-state index contributed by atoms with van der Waals surface area (Å²) in [5.41, 5.74) is 6.54. The highest BCUT2D eigenvalue weighted by molar-refractivity contribution is 5.21. The van der Waals surface area contributed by atoms with Crippen LogP contribution in [0.15, 0.2) is 24.3 Å². The number of hydrogen-bond donors (Lipinski definition) is 1. The lowest BCUT2D eigenvalue weighted by atomic mass is 9.90. The summed E-state index contributed by atoms with van der Waals surface area (Å²) in [4.78, 5) is 0. The largest absolute Gasteiger partial charge is 0.372 e. The van der Waals surface area contributed by atoms with Crippen molar-refractivity contribution < 1.29 is 9.13 Å². The Morgan fingerprint density at radius 1 is 1.26 bits per heavy atom. The molecule has 0 aliphatic heterocycles. The summed E-state index contributed by atoms with van der Waals surface area (Å²) >= 11 is 0. The Bertz CT molecular complexity index is 388. The number of ether oxygens (including phenoxy) is 1. The Morgan fingerprint density at radius 3 is 2.58 bits per heavy atom. The fourth-order valence-electron chi connectivity index (χ4n) is 2.82. The standard InChI is InChI=1S/C16H24FNO/c1-12(18)16(14-9-5-6-10-15(14)17)19-11-13-7-3-2-4-8-13/h5-6,9-10,12-13,16H,2-4,7-8,11,18H2,1H3. The second kappa shape index (κ2) is 7.01. The summed E-state index contributed by atoms with van der Waals surface area (Å²) in [5.74, 6) is 0.384. The van der Waals surface area contributed by atoms with Crippen LogP contribution in [-0.4, -0.2) is 12.6 Å². The third-order valence-corrected chi connectivity index (χ3v) is 3.93. The molecule has 0 spiro atoms. The normalized spacial score (nSPS) is 20.2. The van der Waals surface area contributed by atoms with E-state index >= 15 is 0 Å². The lowest BCUT2D eigenvalue weighted by Gasteiger charge is -2.27. The summed E-state index contributed by atoms with van der Waals surface area (Å²) in [6.45, 7) is 2.57. The van der Waals surface area contributed by atoms with Gasteiger partial charge in [0.1, 0.15) is 11.9 Å². The van der Waals surface area contributed by atoms with Gasteiger partial charge in [-0.25, -0.2) is 4.39 Å². The molecule has 19 heavy (non-hydrogen) atoms. The monoisotopic (exact) mass is 265 g/mol. The molecule has 2 rings (SSSR count). The number of halogens is 1. The van der Waals surface area contributed by atoms with Gasteiger partial charge in [-0.2, -0.15) is 0 Å². The van der Waals surface area contributed by atoms with Crippen LogP contribution in [0.25, 0.3) is 0 Å². The maximum atomic E-state index is 13.8. The Labute approximate surface area is 115 Å². The van der Waals surface area contributed by atoms with Crippen molar-refractivity contribution in [2.75, 3.05) is 6.61 Å². The number of nitrogens with two attached hydrogens (primary N) is 1. The molecule has 2 atom stereocenters. The Morgan fingerprint density at radius 2 is 1.95 bits per heavy atom. The maximum Gasteiger partial charge on any atom is 0.129 e. The van der Waals surface area contributed by atoms with Crippen molar-refractivity contribution in [3.05, 3.63) is 35.6 Å². The zero-order valence-electron chi connectivity index (χ0n) is 11.6. The molecule has 0 saturated heterocycles. The van der Waals surface area contributed by atoms with Gasteiger partial charge in [0.25, 0.3) is 0 Å². The minimum Gasteiger partial charge on any atom is -0.372 e. The predicted molar refractivity (Wildman–Crippen MR) is 75.3 cm³/mol. The fraction of sp³-hybridized carbons (Fsp3) is 0.625. The van der Waals surface area contributed by atoms with E-state index in [1.54, 1.807) is 12.1 Å². The van der Waals surface area contributed by atoms with Gasteiger partial charge in [-0.15, -0.1) is 0 Å². The van der Waals surface area contributed by atoms with E-state index in [1.165, 1.54) is 38.2 Å². The topological polar surface area (TPSA) is 35.2 Å². The molecule has 106 valence electrons. The molecule has 1 aromatic carbocycles. The molecular weight excluding hydrogens is 241 g/mol. The van der Waals surface area contributed by atoms with E-state index in [0.29, 0.717) is 18.1 Å². The second-order valence-corrected chi connectivity index (χ2v) is 5.64. The molecule has 1 aliphatic rings. The van der Waals surface area contributed by atoms with Gasteiger partial charge in [0.15, 0.2) is 0 Å². The van der Waals surface area contributed by atoms with Crippen molar-refractivity contribution >= 4 is 0 Å². The second-order valence-electron chi connectivity index (χ2n) is 5.64. The van der Waals surface area contributed by atoms with E-state index in [-0.39, 0.29) is 18.0 Å². The molecule has 0 heterocycles. The minimum atomic E-state index is -0.344.